The maximum absolute atomic E-state index is 6.43. The number of furan rings is 2. The van der Waals surface area contributed by atoms with E-state index in [0.717, 1.165) is 77.2 Å². The summed E-state index contributed by atoms with van der Waals surface area (Å²) in [6, 6.07) is 45.1. The zero-order valence-corrected chi connectivity index (χ0v) is 29.8. The Bertz CT molecular complexity index is 2840. The van der Waals surface area contributed by atoms with Gasteiger partial charge in [-0.1, -0.05) is 97.1 Å². The molecule has 0 spiro atoms. The number of aromatic nitrogens is 3. The lowest BCUT2D eigenvalue weighted by Crippen LogP contribution is -2.41. The molecule has 7 nitrogen and oxygen atoms in total. The van der Waals surface area contributed by atoms with Gasteiger partial charge in [-0.15, -0.1) is 0 Å². The molecular weight excluding hydrogens is 657 g/mol. The summed E-state index contributed by atoms with van der Waals surface area (Å²) < 4.78 is 25.5. The van der Waals surface area contributed by atoms with E-state index < -0.39 is 18.3 Å². The lowest BCUT2D eigenvalue weighted by molar-refractivity contribution is 0.00578. The van der Waals surface area contributed by atoms with Gasteiger partial charge in [0.05, 0.1) is 16.8 Å². The third-order valence-corrected chi connectivity index (χ3v) is 10.8. The van der Waals surface area contributed by atoms with Crippen molar-refractivity contribution >= 4 is 56.5 Å². The van der Waals surface area contributed by atoms with Crippen molar-refractivity contribution in [1.29, 1.82) is 0 Å². The second-order valence-electron chi connectivity index (χ2n) is 14.7. The zero-order valence-electron chi connectivity index (χ0n) is 29.8. The maximum Gasteiger partial charge on any atom is 0.494 e. The molecule has 0 N–H and O–H groups in total. The number of benzene rings is 6. The van der Waals surface area contributed by atoms with Crippen LogP contribution in [-0.2, 0) is 9.31 Å². The molecule has 3 aromatic heterocycles. The molecule has 0 bridgehead atoms. The second-order valence-corrected chi connectivity index (χ2v) is 14.7. The Hall–Kier alpha value is -6.09. The van der Waals surface area contributed by atoms with Crippen LogP contribution in [0.1, 0.15) is 27.7 Å². The summed E-state index contributed by atoms with van der Waals surface area (Å²) in [5.41, 5.74) is 7.94. The molecule has 0 radical (unpaired) electrons. The minimum atomic E-state index is -0.469. The standard InChI is InChI=1S/C45H34BN3O4/c1-44(2)45(3,4)53-46(52-44)31-21-17-28(18-22-31)41-47-42(49-43(48-41)35-15-10-14-34-32-13-8-9-16-37(32)51-40(34)35)30-19-23-33-36-25-29(27-11-6-5-7-12-27)20-24-38(36)50-39(33)26-30/h5-26H,1-4H3. The summed E-state index contributed by atoms with van der Waals surface area (Å²) in [4.78, 5) is 15.2. The second kappa shape index (κ2) is 11.7. The van der Waals surface area contributed by atoms with Gasteiger partial charge in [-0.2, -0.15) is 0 Å². The van der Waals surface area contributed by atoms with Gasteiger partial charge in [0.25, 0.3) is 0 Å². The smallest absolute Gasteiger partial charge is 0.456 e. The van der Waals surface area contributed by atoms with Crippen LogP contribution < -0.4 is 5.46 Å². The van der Waals surface area contributed by atoms with Gasteiger partial charge in [0, 0.05) is 32.7 Å². The zero-order chi connectivity index (χ0) is 35.9. The fourth-order valence-corrected chi connectivity index (χ4v) is 7.17. The first-order valence-corrected chi connectivity index (χ1v) is 17.9. The maximum atomic E-state index is 6.43. The third-order valence-electron chi connectivity index (χ3n) is 10.8. The molecule has 0 amide bonds. The lowest BCUT2D eigenvalue weighted by Gasteiger charge is -2.32. The molecule has 10 rings (SSSR count). The number of hydrogen-bond acceptors (Lipinski definition) is 7. The summed E-state index contributed by atoms with van der Waals surface area (Å²) in [7, 11) is -0.469. The summed E-state index contributed by atoms with van der Waals surface area (Å²) in [6.07, 6.45) is 0. The van der Waals surface area contributed by atoms with Gasteiger partial charge in [-0.05, 0) is 80.7 Å². The van der Waals surface area contributed by atoms with Crippen molar-refractivity contribution in [1.82, 2.24) is 15.0 Å². The summed E-state index contributed by atoms with van der Waals surface area (Å²) in [5, 5.41) is 4.14. The molecule has 0 unspecified atom stereocenters. The molecule has 1 fully saturated rings. The molecule has 0 aliphatic carbocycles. The van der Waals surface area contributed by atoms with Gasteiger partial charge in [-0.25, -0.2) is 15.0 Å². The molecular formula is C45H34BN3O4. The minimum absolute atomic E-state index is 0.433. The fraction of sp³-hybridized carbons (Fsp3) is 0.133. The predicted octanol–water partition coefficient (Wildman–Crippen LogP) is 10.6. The van der Waals surface area contributed by atoms with Gasteiger partial charge in [0.15, 0.2) is 17.5 Å². The highest BCUT2D eigenvalue weighted by atomic mass is 16.7. The van der Waals surface area contributed by atoms with Crippen LogP contribution >= 0.6 is 0 Å². The van der Waals surface area contributed by atoms with Crippen LogP contribution in [-0.4, -0.2) is 33.3 Å². The highest BCUT2D eigenvalue weighted by Crippen LogP contribution is 2.39. The van der Waals surface area contributed by atoms with E-state index in [1.807, 2.05) is 72.8 Å². The van der Waals surface area contributed by atoms with Crippen molar-refractivity contribution in [2.24, 2.45) is 0 Å². The van der Waals surface area contributed by atoms with Crippen molar-refractivity contribution in [2.45, 2.75) is 38.9 Å². The van der Waals surface area contributed by atoms with Crippen LogP contribution in [0.2, 0.25) is 0 Å². The van der Waals surface area contributed by atoms with Crippen molar-refractivity contribution in [3.8, 4) is 45.3 Å². The number of para-hydroxylation sites is 2. The molecule has 1 aliphatic heterocycles. The number of hydrogen-bond donors (Lipinski definition) is 0. The molecule has 0 atom stereocenters. The quantitative estimate of drug-likeness (QED) is 0.166. The van der Waals surface area contributed by atoms with E-state index in [1.54, 1.807) is 0 Å². The highest BCUT2D eigenvalue weighted by molar-refractivity contribution is 6.62. The number of rotatable bonds is 5. The average Bonchev–Trinajstić information content (AvgIpc) is 3.82. The Labute approximate surface area is 306 Å². The first-order valence-electron chi connectivity index (χ1n) is 17.9. The Balaban J connectivity index is 1.10. The van der Waals surface area contributed by atoms with Crippen LogP contribution in [0.4, 0.5) is 0 Å². The summed E-state index contributed by atoms with van der Waals surface area (Å²) in [6.45, 7) is 8.23. The Morgan fingerprint density at radius 1 is 0.434 bits per heavy atom. The molecule has 9 aromatic rings. The van der Waals surface area contributed by atoms with Gasteiger partial charge >= 0.3 is 7.12 Å². The third kappa shape index (κ3) is 5.25. The topological polar surface area (TPSA) is 83.4 Å². The highest BCUT2D eigenvalue weighted by Gasteiger charge is 2.51. The Morgan fingerprint density at radius 2 is 1.06 bits per heavy atom. The molecule has 6 aromatic carbocycles. The summed E-state index contributed by atoms with van der Waals surface area (Å²) >= 11 is 0. The van der Waals surface area contributed by atoms with Crippen molar-refractivity contribution < 1.29 is 18.1 Å². The lowest BCUT2D eigenvalue weighted by atomic mass is 9.79. The van der Waals surface area contributed by atoms with E-state index in [9.17, 15) is 0 Å². The predicted molar refractivity (Wildman–Crippen MR) is 212 cm³/mol. The molecule has 53 heavy (non-hydrogen) atoms. The largest absolute Gasteiger partial charge is 0.494 e. The minimum Gasteiger partial charge on any atom is -0.456 e. The number of nitrogens with zero attached hydrogens (tertiary/aromatic N) is 3. The molecule has 1 aliphatic rings. The van der Waals surface area contributed by atoms with Crippen LogP contribution in [0, 0.1) is 0 Å². The fourth-order valence-electron chi connectivity index (χ4n) is 7.17. The van der Waals surface area contributed by atoms with Gasteiger partial charge < -0.3 is 18.1 Å². The Kier molecular flexibility index (Phi) is 6.99. The first-order chi connectivity index (χ1) is 25.7. The molecule has 8 heteroatoms. The van der Waals surface area contributed by atoms with E-state index in [4.69, 9.17) is 33.1 Å². The molecule has 4 heterocycles. The van der Waals surface area contributed by atoms with E-state index in [2.05, 4.69) is 88.4 Å². The van der Waals surface area contributed by atoms with E-state index in [-0.39, 0.29) is 0 Å². The Morgan fingerprint density at radius 3 is 1.85 bits per heavy atom. The molecule has 256 valence electrons. The van der Waals surface area contributed by atoms with Crippen LogP contribution in [0.5, 0.6) is 0 Å². The van der Waals surface area contributed by atoms with Crippen molar-refractivity contribution in [2.75, 3.05) is 0 Å². The van der Waals surface area contributed by atoms with Gasteiger partial charge in [0.1, 0.15) is 22.3 Å². The van der Waals surface area contributed by atoms with E-state index >= 15 is 0 Å². The average molecular weight is 692 g/mol. The van der Waals surface area contributed by atoms with E-state index in [0.29, 0.717) is 17.5 Å². The first kappa shape index (κ1) is 31.6. The number of fused-ring (bicyclic) bond motifs is 6. The van der Waals surface area contributed by atoms with Crippen molar-refractivity contribution in [3.05, 3.63) is 133 Å². The monoisotopic (exact) mass is 691 g/mol. The van der Waals surface area contributed by atoms with Crippen LogP contribution in [0.25, 0.3) is 89.2 Å². The molecule has 0 saturated carbocycles. The van der Waals surface area contributed by atoms with Crippen LogP contribution in [0.3, 0.4) is 0 Å². The molecule has 1 saturated heterocycles. The SMILES string of the molecule is CC1(C)OB(c2ccc(-c3nc(-c4ccc5c(c4)oc4ccc(-c6ccccc6)cc45)nc(-c4cccc5c4oc4ccccc45)n3)cc2)OC1(C)C. The van der Waals surface area contributed by atoms with Crippen molar-refractivity contribution in [3.63, 3.8) is 0 Å². The summed E-state index contributed by atoms with van der Waals surface area (Å²) in [5.74, 6) is 1.58. The van der Waals surface area contributed by atoms with Crippen LogP contribution in [0.15, 0.2) is 142 Å². The normalized spacial score (nSPS) is 15.3. The van der Waals surface area contributed by atoms with Gasteiger partial charge in [0.2, 0.25) is 0 Å². The van der Waals surface area contributed by atoms with E-state index in [1.165, 1.54) is 0 Å². The van der Waals surface area contributed by atoms with Gasteiger partial charge in [-0.3, -0.25) is 0 Å².